The molecule has 7 nitrogen and oxygen atoms in total. The lowest BCUT2D eigenvalue weighted by Crippen LogP contribution is -2.01. The second-order valence-electron chi connectivity index (χ2n) is 6.20. The number of nitrogens with one attached hydrogen (secondary N) is 1. The summed E-state index contributed by atoms with van der Waals surface area (Å²) >= 11 is 0. The topological polar surface area (TPSA) is 88.8 Å². The lowest BCUT2D eigenvalue weighted by atomic mass is 10.2. The van der Waals surface area contributed by atoms with Crippen LogP contribution in [-0.4, -0.2) is 32.6 Å². The first-order chi connectivity index (χ1) is 13.1. The summed E-state index contributed by atoms with van der Waals surface area (Å²) in [6.07, 6.45) is 1.75. The number of aromatic nitrogens is 3. The molecule has 0 fully saturated rings. The Balaban J connectivity index is 1.72. The number of nitrogens with zero attached hydrogens (tertiary/aromatic N) is 3. The monoisotopic (exact) mass is 362 g/mol. The summed E-state index contributed by atoms with van der Waals surface area (Å²) in [5, 5.41) is 12.6. The van der Waals surface area contributed by atoms with E-state index >= 15 is 0 Å². The molecule has 136 valence electrons. The summed E-state index contributed by atoms with van der Waals surface area (Å²) in [5.74, 6) is 1.31. The molecule has 2 heterocycles. The van der Waals surface area contributed by atoms with Gasteiger partial charge in [-0.05, 0) is 42.8 Å². The number of carboxylic acids is 1. The third-order valence-electron chi connectivity index (χ3n) is 4.49. The van der Waals surface area contributed by atoms with E-state index in [9.17, 15) is 9.90 Å². The molecule has 0 atom stereocenters. The van der Waals surface area contributed by atoms with Crippen molar-refractivity contribution >= 4 is 28.3 Å². The number of hydrogen-bond acceptors (Lipinski definition) is 5. The Bertz CT molecular complexity index is 1150. The second-order valence-corrected chi connectivity index (χ2v) is 6.20. The Morgan fingerprint density at radius 3 is 2.67 bits per heavy atom. The second kappa shape index (κ2) is 6.60. The van der Waals surface area contributed by atoms with Gasteiger partial charge in [-0.15, -0.1) is 0 Å². The third kappa shape index (κ3) is 3.03. The fourth-order valence-corrected chi connectivity index (χ4v) is 3.11. The zero-order valence-electron chi connectivity index (χ0n) is 14.9. The number of imidazole rings is 1. The molecule has 0 aliphatic rings. The van der Waals surface area contributed by atoms with Crippen LogP contribution in [0.5, 0.6) is 5.75 Å². The first-order valence-corrected chi connectivity index (χ1v) is 8.45. The van der Waals surface area contributed by atoms with E-state index in [0.717, 1.165) is 33.7 Å². The molecule has 2 aromatic heterocycles. The molecule has 0 bridgehead atoms. The fraction of sp³-hybridized carbons (Fsp3) is 0.150. The third-order valence-corrected chi connectivity index (χ3v) is 4.49. The number of anilines is 1. The molecule has 0 unspecified atom stereocenters. The minimum absolute atomic E-state index is 0.220. The average molecular weight is 362 g/mol. The number of rotatable bonds is 5. The maximum Gasteiger partial charge on any atom is 0.335 e. The summed E-state index contributed by atoms with van der Waals surface area (Å²) in [7, 11) is 1.64. The van der Waals surface area contributed by atoms with E-state index in [1.807, 2.05) is 35.6 Å². The zero-order valence-corrected chi connectivity index (χ0v) is 14.9. The molecule has 4 aromatic rings. The highest BCUT2D eigenvalue weighted by Gasteiger charge is 2.13. The van der Waals surface area contributed by atoms with Crippen molar-refractivity contribution < 1.29 is 14.6 Å². The van der Waals surface area contributed by atoms with Crippen LogP contribution in [0.1, 0.15) is 21.7 Å². The van der Waals surface area contributed by atoms with Crippen molar-refractivity contribution in [3.05, 3.63) is 65.6 Å². The number of fused-ring (bicyclic) bond motifs is 3. The van der Waals surface area contributed by atoms with Crippen molar-refractivity contribution in [1.29, 1.82) is 0 Å². The van der Waals surface area contributed by atoms with Crippen LogP contribution in [0.15, 0.2) is 48.7 Å². The smallest absolute Gasteiger partial charge is 0.335 e. The van der Waals surface area contributed by atoms with E-state index < -0.39 is 5.97 Å². The number of hydrogen-bond donors (Lipinski definition) is 2. The van der Waals surface area contributed by atoms with Gasteiger partial charge in [0.15, 0.2) is 5.82 Å². The fourth-order valence-electron chi connectivity index (χ4n) is 3.11. The van der Waals surface area contributed by atoms with Gasteiger partial charge in [-0.3, -0.25) is 9.38 Å². The molecule has 0 saturated heterocycles. The van der Waals surface area contributed by atoms with Crippen molar-refractivity contribution in [1.82, 2.24) is 14.4 Å². The van der Waals surface area contributed by atoms with Crippen molar-refractivity contribution in [2.75, 3.05) is 12.4 Å². The van der Waals surface area contributed by atoms with Gasteiger partial charge in [0, 0.05) is 6.54 Å². The molecule has 0 radical (unpaired) electrons. The number of ether oxygens (including phenoxy) is 1. The van der Waals surface area contributed by atoms with E-state index in [-0.39, 0.29) is 5.56 Å². The number of carbonyl (C=O) groups is 1. The molecule has 27 heavy (non-hydrogen) atoms. The summed E-state index contributed by atoms with van der Waals surface area (Å²) in [5.41, 5.74) is 3.55. The Kier molecular flexibility index (Phi) is 4.12. The van der Waals surface area contributed by atoms with Gasteiger partial charge < -0.3 is 15.2 Å². The van der Waals surface area contributed by atoms with E-state index in [2.05, 4.69) is 15.3 Å². The predicted molar refractivity (Wildman–Crippen MR) is 103 cm³/mol. The minimum Gasteiger partial charge on any atom is -0.497 e. The maximum absolute atomic E-state index is 11.3. The summed E-state index contributed by atoms with van der Waals surface area (Å²) in [6, 6.07) is 12.7. The molecule has 7 heteroatoms. The van der Waals surface area contributed by atoms with Crippen molar-refractivity contribution in [3.63, 3.8) is 0 Å². The number of aromatic carboxylic acids is 1. The van der Waals surface area contributed by atoms with Crippen LogP contribution >= 0.6 is 0 Å². The molecule has 0 spiro atoms. The van der Waals surface area contributed by atoms with Gasteiger partial charge in [-0.2, -0.15) is 0 Å². The highest BCUT2D eigenvalue weighted by molar-refractivity contribution is 5.93. The molecule has 0 amide bonds. The van der Waals surface area contributed by atoms with Gasteiger partial charge in [0.2, 0.25) is 0 Å². The van der Waals surface area contributed by atoms with Crippen LogP contribution < -0.4 is 10.1 Å². The highest BCUT2D eigenvalue weighted by atomic mass is 16.5. The van der Waals surface area contributed by atoms with Crippen LogP contribution in [0.2, 0.25) is 0 Å². The summed E-state index contributed by atoms with van der Waals surface area (Å²) < 4.78 is 7.10. The van der Waals surface area contributed by atoms with Crippen LogP contribution in [0.25, 0.3) is 16.6 Å². The van der Waals surface area contributed by atoms with E-state index in [1.165, 1.54) is 0 Å². The quantitative estimate of drug-likeness (QED) is 0.565. The zero-order chi connectivity index (χ0) is 19.0. The molecule has 4 rings (SSSR count). The van der Waals surface area contributed by atoms with Crippen LogP contribution in [0.3, 0.4) is 0 Å². The van der Waals surface area contributed by atoms with Gasteiger partial charge in [0.05, 0.1) is 29.9 Å². The molecule has 2 aromatic carbocycles. The Hall–Kier alpha value is -3.61. The van der Waals surface area contributed by atoms with Crippen molar-refractivity contribution in [3.8, 4) is 5.75 Å². The van der Waals surface area contributed by atoms with Gasteiger partial charge >= 0.3 is 5.97 Å². The van der Waals surface area contributed by atoms with Crippen molar-refractivity contribution in [2.45, 2.75) is 13.5 Å². The highest BCUT2D eigenvalue weighted by Crippen LogP contribution is 2.24. The first kappa shape index (κ1) is 16.8. The predicted octanol–water partition coefficient (Wildman–Crippen LogP) is 3.51. The summed E-state index contributed by atoms with van der Waals surface area (Å²) in [6.45, 7) is 2.49. The first-order valence-electron chi connectivity index (χ1n) is 8.45. The maximum atomic E-state index is 11.3. The normalized spacial score (nSPS) is 11.0. The van der Waals surface area contributed by atoms with Gasteiger partial charge in [-0.25, -0.2) is 9.78 Å². The minimum atomic E-state index is -0.968. The van der Waals surface area contributed by atoms with Gasteiger partial charge in [-0.1, -0.05) is 12.1 Å². The lowest BCUT2D eigenvalue weighted by Gasteiger charge is -2.07. The molecule has 2 N–H and O–H groups in total. The van der Waals surface area contributed by atoms with Gasteiger partial charge in [0.1, 0.15) is 17.1 Å². The average Bonchev–Trinajstić information content (AvgIpc) is 3.02. The van der Waals surface area contributed by atoms with Crippen molar-refractivity contribution in [2.24, 2.45) is 0 Å². The number of aryl methyl sites for hydroxylation is 1. The molecular weight excluding hydrogens is 344 g/mol. The van der Waals surface area contributed by atoms with E-state index in [1.54, 1.807) is 31.5 Å². The molecule has 0 aliphatic carbocycles. The Labute approximate surface area is 155 Å². The molecule has 0 aliphatic heterocycles. The van der Waals surface area contributed by atoms with Crippen LogP contribution in [-0.2, 0) is 6.54 Å². The van der Waals surface area contributed by atoms with E-state index in [4.69, 9.17) is 4.74 Å². The van der Waals surface area contributed by atoms with E-state index in [0.29, 0.717) is 12.4 Å². The standard InChI is InChI=1S/C20H18N4O3/c1-12-23-19(22-10-13-3-6-15(27-2)7-4-13)18-11-21-16-8-5-14(20(25)26)9-17(16)24(12)18/h3-9,11,22H,10H2,1-2H3,(H,25,26). The van der Waals surface area contributed by atoms with Crippen LogP contribution in [0, 0.1) is 6.92 Å². The lowest BCUT2D eigenvalue weighted by molar-refractivity contribution is 0.0697. The van der Waals surface area contributed by atoms with Crippen LogP contribution in [0.4, 0.5) is 5.82 Å². The summed E-state index contributed by atoms with van der Waals surface area (Å²) in [4.78, 5) is 20.4. The molecule has 0 saturated carbocycles. The largest absolute Gasteiger partial charge is 0.497 e. The van der Waals surface area contributed by atoms with Gasteiger partial charge in [0.25, 0.3) is 0 Å². The number of methoxy groups -OCH3 is 1. The number of benzene rings is 2. The Morgan fingerprint density at radius 1 is 1.19 bits per heavy atom. The number of carboxylic acid groups (broad SMARTS) is 1. The SMILES string of the molecule is COc1ccc(CNc2nc(C)n3c2cnc2ccc(C(=O)O)cc23)cc1. The molecular formula is C20H18N4O3. The Morgan fingerprint density at radius 2 is 1.96 bits per heavy atom.